The van der Waals surface area contributed by atoms with Crippen LogP contribution in [0.25, 0.3) is 0 Å². The molecule has 2 N–H and O–H groups in total. The second-order valence-corrected chi connectivity index (χ2v) is 2.02. The highest BCUT2D eigenvalue weighted by Gasteiger charge is 2.12. The Bertz CT molecular complexity index is 144. The Morgan fingerprint density at radius 1 is 1.60 bits per heavy atom. The average Bonchev–Trinajstić information content (AvgIpc) is 1.81. The largest absolute Gasteiger partial charge is 0.465 e. The Morgan fingerprint density at radius 3 is 2.20 bits per heavy atom. The number of Topliss-reactive ketones (excluding diaryl/α,β-unsaturated/α-hetero) is 1. The zero-order valence-electron chi connectivity index (χ0n) is 6.05. The van der Waals surface area contributed by atoms with E-state index in [9.17, 15) is 9.59 Å². The minimum Gasteiger partial charge on any atom is -0.465 e. The molecule has 4 nitrogen and oxygen atoms in total. The number of hydrogen-bond donors (Lipinski definition) is 2. The quantitative estimate of drug-likeness (QED) is 0.611. The first-order chi connectivity index (χ1) is 4.57. The first-order valence-corrected chi connectivity index (χ1v) is 3.07. The zero-order chi connectivity index (χ0) is 8.15. The predicted octanol–water partition coefficient (Wildman–Crippen LogP) is 0.622. The molecule has 0 heterocycles. The van der Waals surface area contributed by atoms with Crippen molar-refractivity contribution < 1.29 is 14.7 Å². The van der Waals surface area contributed by atoms with Crippen molar-refractivity contribution in [1.82, 2.24) is 5.32 Å². The molecule has 0 bridgehead atoms. The van der Waals surface area contributed by atoms with Crippen molar-refractivity contribution in [2.45, 2.75) is 26.3 Å². The molecule has 10 heavy (non-hydrogen) atoms. The average molecular weight is 145 g/mol. The summed E-state index contributed by atoms with van der Waals surface area (Å²) in [5.74, 6) is -0.148. The second-order valence-electron chi connectivity index (χ2n) is 2.02. The van der Waals surface area contributed by atoms with Gasteiger partial charge in [-0.15, -0.1) is 0 Å². The van der Waals surface area contributed by atoms with E-state index in [0.717, 1.165) is 0 Å². The number of ketones is 1. The van der Waals surface area contributed by atoms with Gasteiger partial charge in [-0.25, -0.2) is 4.79 Å². The molecule has 0 rings (SSSR count). The van der Waals surface area contributed by atoms with E-state index in [1.54, 1.807) is 6.92 Å². The Balaban J connectivity index is 3.83. The SMILES string of the molecule is CC[C@H](NC(=O)O)C(C)=O. The predicted molar refractivity (Wildman–Crippen MR) is 35.9 cm³/mol. The molecule has 0 aliphatic carbocycles. The van der Waals surface area contributed by atoms with Gasteiger partial charge < -0.3 is 10.4 Å². The molecule has 4 heteroatoms. The molecule has 0 aromatic carbocycles. The Morgan fingerprint density at radius 2 is 2.10 bits per heavy atom. The summed E-state index contributed by atoms with van der Waals surface area (Å²) in [5.41, 5.74) is 0. The van der Waals surface area contributed by atoms with E-state index in [0.29, 0.717) is 6.42 Å². The zero-order valence-corrected chi connectivity index (χ0v) is 6.05. The molecule has 0 spiro atoms. The highest BCUT2D eigenvalue weighted by Crippen LogP contribution is 1.91. The van der Waals surface area contributed by atoms with Crippen LogP contribution in [0.5, 0.6) is 0 Å². The molecule has 0 aromatic rings. The number of amides is 1. The van der Waals surface area contributed by atoms with Crippen molar-refractivity contribution in [3.63, 3.8) is 0 Å². The topological polar surface area (TPSA) is 66.4 Å². The lowest BCUT2D eigenvalue weighted by molar-refractivity contribution is -0.118. The van der Waals surface area contributed by atoms with Crippen molar-refractivity contribution in [2.24, 2.45) is 0 Å². The van der Waals surface area contributed by atoms with E-state index in [-0.39, 0.29) is 5.78 Å². The summed E-state index contributed by atoms with van der Waals surface area (Å²) < 4.78 is 0. The molecule has 0 aliphatic heterocycles. The van der Waals surface area contributed by atoms with Gasteiger partial charge in [0.1, 0.15) is 0 Å². The van der Waals surface area contributed by atoms with Crippen LogP contribution in [0, 0.1) is 0 Å². The van der Waals surface area contributed by atoms with Crippen LogP contribution >= 0.6 is 0 Å². The summed E-state index contributed by atoms with van der Waals surface area (Å²) in [6.45, 7) is 3.12. The molecule has 58 valence electrons. The van der Waals surface area contributed by atoms with E-state index < -0.39 is 12.1 Å². The fourth-order valence-electron chi connectivity index (χ4n) is 0.640. The monoisotopic (exact) mass is 145 g/mol. The van der Waals surface area contributed by atoms with Crippen LogP contribution in [0.2, 0.25) is 0 Å². The van der Waals surface area contributed by atoms with Crippen molar-refractivity contribution in [3.05, 3.63) is 0 Å². The van der Waals surface area contributed by atoms with Crippen molar-refractivity contribution >= 4 is 11.9 Å². The number of hydrogen-bond acceptors (Lipinski definition) is 2. The van der Waals surface area contributed by atoms with Gasteiger partial charge in [0.25, 0.3) is 0 Å². The first-order valence-electron chi connectivity index (χ1n) is 3.07. The number of rotatable bonds is 3. The van der Waals surface area contributed by atoms with Crippen LogP contribution in [-0.4, -0.2) is 23.0 Å². The third-order valence-electron chi connectivity index (χ3n) is 1.20. The maximum atomic E-state index is 10.6. The van der Waals surface area contributed by atoms with Crippen molar-refractivity contribution in [2.75, 3.05) is 0 Å². The molecule has 0 saturated carbocycles. The molecule has 0 aromatic heterocycles. The summed E-state index contributed by atoms with van der Waals surface area (Å²) in [4.78, 5) is 20.6. The van der Waals surface area contributed by atoms with Gasteiger partial charge in [-0.1, -0.05) is 6.92 Å². The van der Waals surface area contributed by atoms with E-state index in [1.165, 1.54) is 6.92 Å². The minimum atomic E-state index is -1.15. The first kappa shape index (κ1) is 8.94. The molecular weight excluding hydrogens is 134 g/mol. The third-order valence-corrected chi connectivity index (χ3v) is 1.20. The van der Waals surface area contributed by atoms with Crippen LogP contribution in [-0.2, 0) is 4.79 Å². The molecule has 0 saturated heterocycles. The maximum Gasteiger partial charge on any atom is 0.405 e. The lowest BCUT2D eigenvalue weighted by Crippen LogP contribution is -2.38. The van der Waals surface area contributed by atoms with Crippen LogP contribution in [0.4, 0.5) is 4.79 Å². The van der Waals surface area contributed by atoms with Gasteiger partial charge in [0.05, 0.1) is 6.04 Å². The van der Waals surface area contributed by atoms with Crippen LogP contribution in [0.1, 0.15) is 20.3 Å². The Labute approximate surface area is 59.2 Å². The smallest absolute Gasteiger partial charge is 0.405 e. The van der Waals surface area contributed by atoms with Gasteiger partial charge in [0.2, 0.25) is 0 Å². The minimum absolute atomic E-state index is 0.148. The number of nitrogens with one attached hydrogen (secondary N) is 1. The normalized spacial score (nSPS) is 12.2. The molecule has 0 radical (unpaired) electrons. The van der Waals surface area contributed by atoms with Crippen LogP contribution in [0.15, 0.2) is 0 Å². The van der Waals surface area contributed by atoms with Crippen molar-refractivity contribution in [1.29, 1.82) is 0 Å². The van der Waals surface area contributed by atoms with Crippen LogP contribution < -0.4 is 5.32 Å². The summed E-state index contributed by atoms with van der Waals surface area (Å²) >= 11 is 0. The summed E-state index contributed by atoms with van der Waals surface area (Å²) in [6.07, 6.45) is -0.649. The molecule has 1 amide bonds. The lowest BCUT2D eigenvalue weighted by Gasteiger charge is -2.09. The fraction of sp³-hybridized carbons (Fsp3) is 0.667. The molecule has 0 aliphatic rings. The van der Waals surface area contributed by atoms with Gasteiger partial charge in [-0.2, -0.15) is 0 Å². The molecule has 0 unspecified atom stereocenters. The van der Waals surface area contributed by atoms with Gasteiger partial charge in [0, 0.05) is 0 Å². The highest BCUT2D eigenvalue weighted by atomic mass is 16.4. The van der Waals surface area contributed by atoms with E-state index >= 15 is 0 Å². The highest BCUT2D eigenvalue weighted by molar-refractivity contribution is 5.84. The summed E-state index contributed by atoms with van der Waals surface area (Å²) in [7, 11) is 0. The third kappa shape index (κ3) is 3.06. The standard InChI is InChI=1S/C6H11NO3/c1-3-5(4(2)8)7-6(9)10/h5,7H,3H2,1-2H3,(H,9,10)/t5-/m0/s1. The van der Waals surface area contributed by atoms with Gasteiger partial charge in [0.15, 0.2) is 5.78 Å². The summed E-state index contributed by atoms with van der Waals surface area (Å²) in [6, 6.07) is -0.544. The Hall–Kier alpha value is -1.06. The van der Waals surface area contributed by atoms with E-state index in [2.05, 4.69) is 5.32 Å². The Kier molecular flexibility index (Phi) is 3.46. The fourth-order valence-corrected chi connectivity index (χ4v) is 0.640. The summed E-state index contributed by atoms with van der Waals surface area (Å²) in [5, 5.41) is 10.3. The molecule has 0 fully saturated rings. The number of carbonyl (C=O) groups is 2. The maximum absolute atomic E-state index is 10.6. The van der Waals surface area contributed by atoms with E-state index in [1.807, 2.05) is 0 Å². The van der Waals surface area contributed by atoms with E-state index in [4.69, 9.17) is 5.11 Å². The van der Waals surface area contributed by atoms with Crippen molar-refractivity contribution in [3.8, 4) is 0 Å². The number of carboxylic acid groups (broad SMARTS) is 1. The number of carbonyl (C=O) groups excluding carboxylic acids is 1. The second kappa shape index (κ2) is 3.87. The van der Waals surface area contributed by atoms with Crippen LogP contribution in [0.3, 0.4) is 0 Å². The van der Waals surface area contributed by atoms with Gasteiger partial charge in [-0.05, 0) is 13.3 Å². The lowest BCUT2D eigenvalue weighted by atomic mass is 10.1. The molecule has 1 atom stereocenters. The van der Waals surface area contributed by atoms with Gasteiger partial charge in [-0.3, -0.25) is 4.79 Å². The molecular formula is C6H11NO3. The van der Waals surface area contributed by atoms with Gasteiger partial charge >= 0.3 is 6.09 Å².